The van der Waals surface area contributed by atoms with E-state index in [0.29, 0.717) is 0 Å². The van der Waals surface area contributed by atoms with Crippen LogP contribution in [0.25, 0.3) is 0 Å². The lowest BCUT2D eigenvalue weighted by molar-refractivity contribution is -0.149. The van der Waals surface area contributed by atoms with Crippen molar-refractivity contribution in [1.29, 1.82) is 0 Å². The number of carboxylic acid groups (broad SMARTS) is 3. The number of rotatable bonds is 9. The number of hydrogen-bond donors (Lipinski definition) is 3. The fourth-order valence-electron chi connectivity index (χ4n) is 1.43. The minimum atomic E-state index is -1.35. The monoisotopic (exact) mass is 261 g/mol. The number of Topliss-reactive ketones (excluding diaryl/α,β-unsaturated/α-hetero) is 1. The van der Waals surface area contributed by atoms with Crippen molar-refractivity contribution in [2.24, 2.45) is 0 Å². The molecule has 3 N–H and O–H groups in total. The maximum Gasteiger partial charge on any atom is 0.320 e. The van der Waals surface area contributed by atoms with Crippen LogP contribution in [0.5, 0.6) is 0 Å². The number of nitrogens with zero attached hydrogens (tertiary/aromatic N) is 1. The molecule has 0 aliphatic carbocycles. The Morgan fingerprint density at radius 3 is 1.72 bits per heavy atom. The van der Waals surface area contributed by atoms with E-state index in [9.17, 15) is 19.2 Å². The molecule has 0 aliphatic heterocycles. The summed E-state index contributed by atoms with van der Waals surface area (Å²) in [7, 11) is 0. The number of carboxylic acids is 3. The number of carbonyl (C=O) groups excluding carboxylic acids is 1. The Morgan fingerprint density at radius 2 is 1.44 bits per heavy atom. The summed E-state index contributed by atoms with van der Waals surface area (Å²) in [5.41, 5.74) is 0. The first-order valence-corrected chi connectivity index (χ1v) is 5.14. The predicted molar refractivity (Wildman–Crippen MR) is 58.2 cm³/mol. The smallest absolute Gasteiger partial charge is 0.320 e. The first-order valence-electron chi connectivity index (χ1n) is 5.14. The molecule has 1 unspecified atom stereocenters. The van der Waals surface area contributed by atoms with E-state index < -0.39 is 37.0 Å². The standard InChI is InChI=1S/C10H15NO7/c1-6(12)2-3-7(10(17)18)11(4-8(13)14)5-9(15)16/h7H,2-5H2,1H3,(H,13,14)(H,15,16)(H,17,18). The number of ketones is 1. The molecule has 0 heterocycles. The topological polar surface area (TPSA) is 132 Å². The molecule has 0 amide bonds. The van der Waals surface area contributed by atoms with Gasteiger partial charge in [-0.15, -0.1) is 0 Å². The zero-order chi connectivity index (χ0) is 14.3. The van der Waals surface area contributed by atoms with E-state index in [-0.39, 0.29) is 18.6 Å². The summed E-state index contributed by atoms with van der Waals surface area (Å²) in [6.07, 6.45) is -0.169. The quantitative estimate of drug-likeness (QED) is 0.495. The Kier molecular flexibility index (Phi) is 6.58. The van der Waals surface area contributed by atoms with Crippen LogP contribution in [-0.4, -0.2) is 63.0 Å². The molecule has 0 bridgehead atoms. The second-order valence-corrected chi connectivity index (χ2v) is 3.79. The van der Waals surface area contributed by atoms with Crippen LogP contribution in [0, 0.1) is 0 Å². The van der Waals surface area contributed by atoms with Gasteiger partial charge in [0.1, 0.15) is 11.8 Å². The molecule has 0 aromatic heterocycles. The van der Waals surface area contributed by atoms with E-state index in [1.54, 1.807) is 0 Å². The Hall–Kier alpha value is -1.96. The van der Waals surface area contributed by atoms with Gasteiger partial charge in [-0.3, -0.25) is 19.3 Å². The number of hydrogen-bond acceptors (Lipinski definition) is 5. The van der Waals surface area contributed by atoms with E-state index in [4.69, 9.17) is 15.3 Å². The highest BCUT2D eigenvalue weighted by Gasteiger charge is 2.28. The van der Waals surface area contributed by atoms with Crippen LogP contribution in [0.3, 0.4) is 0 Å². The average molecular weight is 261 g/mol. The van der Waals surface area contributed by atoms with Gasteiger partial charge in [0, 0.05) is 6.42 Å². The van der Waals surface area contributed by atoms with Gasteiger partial charge in [-0.1, -0.05) is 0 Å². The molecule has 0 radical (unpaired) electrons. The van der Waals surface area contributed by atoms with Crippen molar-refractivity contribution in [3.05, 3.63) is 0 Å². The second-order valence-electron chi connectivity index (χ2n) is 3.79. The predicted octanol–water partition coefficient (Wildman–Crippen LogP) is -0.720. The van der Waals surface area contributed by atoms with Crippen LogP contribution < -0.4 is 0 Å². The van der Waals surface area contributed by atoms with E-state index >= 15 is 0 Å². The molecule has 8 nitrogen and oxygen atoms in total. The second kappa shape index (κ2) is 7.38. The number of aliphatic carboxylic acids is 3. The zero-order valence-electron chi connectivity index (χ0n) is 9.83. The minimum absolute atomic E-state index is 0.0489. The van der Waals surface area contributed by atoms with Gasteiger partial charge in [0.15, 0.2) is 0 Å². The summed E-state index contributed by atoms with van der Waals surface area (Å²) in [5, 5.41) is 26.2. The fourth-order valence-corrected chi connectivity index (χ4v) is 1.43. The molecule has 0 aromatic rings. The molecule has 0 saturated carbocycles. The zero-order valence-corrected chi connectivity index (χ0v) is 9.83. The summed E-state index contributed by atoms with van der Waals surface area (Å²) in [6, 6.07) is -1.30. The highest BCUT2D eigenvalue weighted by Crippen LogP contribution is 2.08. The Balaban J connectivity index is 4.83. The summed E-state index contributed by atoms with van der Waals surface area (Å²) in [5.74, 6) is -4.25. The van der Waals surface area contributed by atoms with Crippen molar-refractivity contribution in [1.82, 2.24) is 4.90 Å². The summed E-state index contributed by atoms with van der Waals surface area (Å²) < 4.78 is 0. The van der Waals surface area contributed by atoms with Crippen molar-refractivity contribution < 1.29 is 34.5 Å². The van der Waals surface area contributed by atoms with Gasteiger partial charge in [0.2, 0.25) is 0 Å². The molecule has 102 valence electrons. The van der Waals surface area contributed by atoms with Crippen LogP contribution in [0.1, 0.15) is 19.8 Å². The number of carbonyl (C=O) groups is 4. The third kappa shape index (κ3) is 6.59. The highest BCUT2D eigenvalue weighted by atomic mass is 16.4. The molecular weight excluding hydrogens is 246 g/mol. The van der Waals surface area contributed by atoms with Crippen LogP contribution in [0.2, 0.25) is 0 Å². The molecule has 8 heteroatoms. The maximum atomic E-state index is 11.0. The lowest BCUT2D eigenvalue weighted by Gasteiger charge is -2.25. The maximum absolute atomic E-state index is 11.0. The van der Waals surface area contributed by atoms with Crippen molar-refractivity contribution in [2.75, 3.05) is 13.1 Å². The molecule has 0 aliphatic rings. The molecule has 0 aromatic carbocycles. The van der Waals surface area contributed by atoms with Crippen LogP contribution in [0.15, 0.2) is 0 Å². The van der Waals surface area contributed by atoms with E-state index in [2.05, 4.69) is 0 Å². The normalized spacial score (nSPS) is 12.1. The first kappa shape index (κ1) is 16.0. The molecule has 0 spiro atoms. The molecule has 18 heavy (non-hydrogen) atoms. The van der Waals surface area contributed by atoms with E-state index in [1.807, 2.05) is 0 Å². The van der Waals surface area contributed by atoms with Crippen molar-refractivity contribution in [3.8, 4) is 0 Å². The first-order chi connectivity index (χ1) is 8.23. The average Bonchev–Trinajstić information content (AvgIpc) is 2.14. The van der Waals surface area contributed by atoms with Crippen molar-refractivity contribution >= 4 is 23.7 Å². The minimum Gasteiger partial charge on any atom is -0.480 e. The summed E-state index contributed by atoms with van der Waals surface area (Å²) in [6.45, 7) is -0.139. The van der Waals surface area contributed by atoms with Gasteiger partial charge in [-0.05, 0) is 13.3 Å². The van der Waals surface area contributed by atoms with Gasteiger partial charge in [0.05, 0.1) is 13.1 Å². The molecule has 0 saturated heterocycles. The lowest BCUT2D eigenvalue weighted by Crippen LogP contribution is -2.46. The SMILES string of the molecule is CC(=O)CCC(C(=O)O)N(CC(=O)O)CC(=O)O. The lowest BCUT2D eigenvalue weighted by atomic mass is 10.1. The third-order valence-corrected chi connectivity index (χ3v) is 2.17. The Labute approximate surface area is 103 Å². The van der Waals surface area contributed by atoms with Gasteiger partial charge in [-0.2, -0.15) is 0 Å². The highest BCUT2D eigenvalue weighted by molar-refractivity contribution is 5.80. The Bertz CT molecular complexity index is 336. The van der Waals surface area contributed by atoms with E-state index in [0.717, 1.165) is 4.90 Å². The summed E-state index contributed by atoms with van der Waals surface area (Å²) in [4.78, 5) is 43.7. The molecule has 0 fully saturated rings. The van der Waals surface area contributed by atoms with Crippen molar-refractivity contribution in [2.45, 2.75) is 25.8 Å². The van der Waals surface area contributed by atoms with E-state index in [1.165, 1.54) is 6.92 Å². The molecule has 0 rings (SSSR count). The van der Waals surface area contributed by atoms with Crippen LogP contribution in [-0.2, 0) is 19.2 Å². The van der Waals surface area contributed by atoms with Crippen LogP contribution in [0.4, 0.5) is 0 Å². The molecule has 1 atom stereocenters. The van der Waals surface area contributed by atoms with Gasteiger partial charge in [0.25, 0.3) is 0 Å². The summed E-state index contributed by atoms with van der Waals surface area (Å²) >= 11 is 0. The molecular formula is C10H15NO7. The largest absolute Gasteiger partial charge is 0.480 e. The fraction of sp³-hybridized carbons (Fsp3) is 0.600. The van der Waals surface area contributed by atoms with Gasteiger partial charge < -0.3 is 20.1 Å². The van der Waals surface area contributed by atoms with Crippen molar-refractivity contribution in [3.63, 3.8) is 0 Å². The Morgan fingerprint density at radius 1 is 1.00 bits per heavy atom. The van der Waals surface area contributed by atoms with Gasteiger partial charge in [-0.25, -0.2) is 0 Å². The van der Waals surface area contributed by atoms with Crippen LogP contribution >= 0.6 is 0 Å². The van der Waals surface area contributed by atoms with Gasteiger partial charge >= 0.3 is 17.9 Å². The third-order valence-electron chi connectivity index (χ3n) is 2.17.